The van der Waals surface area contributed by atoms with Gasteiger partial charge in [-0.2, -0.15) is 0 Å². The average Bonchev–Trinajstić information content (AvgIpc) is 3.48. The minimum atomic E-state index is 0.243. The van der Waals surface area contributed by atoms with Crippen molar-refractivity contribution in [1.29, 1.82) is 0 Å². The first-order valence-corrected chi connectivity index (χ1v) is 12.0. The molecule has 0 atom stereocenters. The van der Waals surface area contributed by atoms with Crippen LogP contribution in [-0.4, -0.2) is 35.0 Å². The third-order valence-corrected chi connectivity index (χ3v) is 7.30. The topological polar surface area (TPSA) is 58.1 Å². The second-order valence-corrected chi connectivity index (χ2v) is 9.50. The van der Waals surface area contributed by atoms with Gasteiger partial charge in [0.25, 0.3) is 0 Å². The van der Waals surface area contributed by atoms with E-state index in [0.717, 1.165) is 53.4 Å². The van der Waals surface area contributed by atoms with Crippen molar-refractivity contribution in [2.24, 2.45) is 5.92 Å². The molecule has 3 aromatic rings. The maximum Gasteiger partial charge on any atom is 0.220 e. The van der Waals surface area contributed by atoms with Crippen LogP contribution < -0.4 is 10.2 Å². The minimum Gasteiger partial charge on any atom is -0.356 e. The molecule has 0 bridgehead atoms. The van der Waals surface area contributed by atoms with Gasteiger partial charge in [-0.05, 0) is 55.2 Å². The number of benzene rings is 1. The second kappa shape index (κ2) is 8.72. The van der Waals surface area contributed by atoms with Crippen molar-refractivity contribution >= 4 is 34.0 Å². The van der Waals surface area contributed by atoms with E-state index in [1.807, 2.05) is 12.1 Å². The van der Waals surface area contributed by atoms with Crippen LogP contribution in [0.3, 0.4) is 0 Å². The van der Waals surface area contributed by atoms with Gasteiger partial charge in [-0.1, -0.05) is 31.0 Å². The molecule has 6 heteroatoms. The first-order chi connectivity index (χ1) is 14.8. The van der Waals surface area contributed by atoms with Gasteiger partial charge < -0.3 is 10.2 Å². The molecule has 30 heavy (non-hydrogen) atoms. The number of para-hydroxylation sites is 1. The van der Waals surface area contributed by atoms with Crippen LogP contribution in [0.1, 0.15) is 44.9 Å². The summed E-state index contributed by atoms with van der Waals surface area (Å²) in [7, 11) is 0. The zero-order valence-corrected chi connectivity index (χ0v) is 18.0. The first-order valence-electron chi connectivity index (χ1n) is 11.1. The number of hydrogen-bond donors (Lipinski definition) is 1. The van der Waals surface area contributed by atoms with E-state index in [9.17, 15) is 4.79 Å². The highest BCUT2D eigenvalue weighted by Gasteiger charge is 2.25. The van der Waals surface area contributed by atoms with Crippen LogP contribution >= 0.6 is 11.3 Å². The summed E-state index contributed by atoms with van der Waals surface area (Å²) < 4.78 is 0. The van der Waals surface area contributed by atoms with Crippen molar-refractivity contribution in [3.8, 4) is 10.7 Å². The van der Waals surface area contributed by atoms with E-state index in [-0.39, 0.29) is 11.9 Å². The third kappa shape index (κ3) is 4.19. The van der Waals surface area contributed by atoms with Crippen molar-refractivity contribution in [3.63, 3.8) is 0 Å². The van der Waals surface area contributed by atoms with Crippen LogP contribution in [0.15, 0.2) is 41.8 Å². The molecule has 1 saturated carbocycles. The number of nitrogens with zero attached hydrogens (tertiary/aromatic N) is 3. The minimum absolute atomic E-state index is 0.243. The Labute approximate surface area is 181 Å². The Morgan fingerprint density at radius 3 is 2.60 bits per heavy atom. The molecule has 2 aliphatic rings. The lowest BCUT2D eigenvalue weighted by molar-refractivity contribution is -0.122. The van der Waals surface area contributed by atoms with Gasteiger partial charge in [0.15, 0.2) is 5.82 Å². The Morgan fingerprint density at radius 1 is 1.03 bits per heavy atom. The summed E-state index contributed by atoms with van der Waals surface area (Å²) in [6, 6.07) is 12.6. The molecule has 2 aromatic heterocycles. The van der Waals surface area contributed by atoms with Crippen molar-refractivity contribution in [1.82, 2.24) is 15.3 Å². The number of carbonyl (C=O) groups is 1. The van der Waals surface area contributed by atoms with Gasteiger partial charge in [-0.15, -0.1) is 11.3 Å². The SMILES string of the molecule is O=C(CC1CCCC1)NC1CCN(c2nc(-c3cccs3)nc3ccccc23)CC1. The maximum absolute atomic E-state index is 12.4. The second-order valence-electron chi connectivity index (χ2n) is 8.55. The molecule has 0 radical (unpaired) electrons. The van der Waals surface area contributed by atoms with Crippen molar-refractivity contribution in [2.45, 2.75) is 51.0 Å². The van der Waals surface area contributed by atoms with E-state index in [1.54, 1.807) is 11.3 Å². The molecule has 1 N–H and O–H groups in total. The maximum atomic E-state index is 12.4. The Bertz CT molecular complexity index is 1010. The summed E-state index contributed by atoms with van der Waals surface area (Å²) in [4.78, 5) is 25.6. The average molecular weight is 421 g/mol. The van der Waals surface area contributed by atoms with E-state index in [2.05, 4.69) is 39.9 Å². The molecule has 0 unspecified atom stereocenters. The lowest BCUT2D eigenvalue weighted by Crippen LogP contribution is -2.45. The van der Waals surface area contributed by atoms with E-state index in [4.69, 9.17) is 9.97 Å². The Balaban J connectivity index is 1.29. The fourth-order valence-electron chi connectivity index (χ4n) is 4.82. The number of hydrogen-bond acceptors (Lipinski definition) is 5. The number of aromatic nitrogens is 2. The third-order valence-electron chi connectivity index (χ3n) is 6.43. The van der Waals surface area contributed by atoms with Gasteiger partial charge in [0.2, 0.25) is 5.91 Å². The summed E-state index contributed by atoms with van der Waals surface area (Å²) in [5, 5.41) is 6.45. The quantitative estimate of drug-likeness (QED) is 0.629. The number of fused-ring (bicyclic) bond motifs is 1. The van der Waals surface area contributed by atoms with Gasteiger partial charge in [0, 0.05) is 30.9 Å². The molecule has 1 saturated heterocycles. The molecule has 156 valence electrons. The van der Waals surface area contributed by atoms with Gasteiger partial charge >= 0.3 is 0 Å². The van der Waals surface area contributed by atoms with Crippen LogP contribution in [0.2, 0.25) is 0 Å². The molecule has 5 rings (SSSR count). The number of carbonyl (C=O) groups excluding carboxylic acids is 1. The number of piperidine rings is 1. The number of rotatable bonds is 5. The Hall–Kier alpha value is -2.47. The molecule has 3 heterocycles. The van der Waals surface area contributed by atoms with E-state index in [1.165, 1.54) is 25.7 Å². The molecule has 5 nitrogen and oxygen atoms in total. The van der Waals surface area contributed by atoms with Crippen LogP contribution in [0.5, 0.6) is 0 Å². The molecular weight excluding hydrogens is 392 g/mol. The zero-order valence-electron chi connectivity index (χ0n) is 17.2. The van der Waals surface area contributed by atoms with Gasteiger partial charge in [0.1, 0.15) is 5.82 Å². The first kappa shape index (κ1) is 19.5. The number of thiophene rings is 1. The summed E-state index contributed by atoms with van der Waals surface area (Å²) in [6.45, 7) is 1.80. The Kier molecular flexibility index (Phi) is 5.67. The fourth-order valence-corrected chi connectivity index (χ4v) is 5.47. The fraction of sp³-hybridized carbons (Fsp3) is 0.458. The monoisotopic (exact) mass is 420 g/mol. The van der Waals surface area contributed by atoms with Crippen molar-refractivity contribution in [3.05, 3.63) is 41.8 Å². The summed E-state index contributed by atoms with van der Waals surface area (Å²) in [5.41, 5.74) is 0.984. The van der Waals surface area contributed by atoms with Crippen LogP contribution in [0.4, 0.5) is 5.82 Å². The summed E-state index contributed by atoms with van der Waals surface area (Å²) in [5.74, 6) is 2.66. The van der Waals surface area contributed by atoms with Crippen molar-refractivity contribution < 1.29 is 4.79 Å². The normalized spacial score (nSPS) is 18.2. The lowest BCUT2D eigenvalue weighted by Gasteiger charge is -2.34. The molecule has 1 amide bonds. The molecule has 1 aromatic carbocycles. The van der Waals surface area contributed by atoms with Gasteiger partial charge in [0.05, 0.1) is 10.4 Å². The predicted octanol–water partition coefficient (Wildman–Crippen LogP) is 5.02. The smallest absolute Gasteiger partial charge is 0.220 e. The molecule has 1 aliphatic heterocycles. The highest BCUT2D eigenvalue weighted by molar-refractivity contribution is 7.13. The number of amides is 1. The highest BCUT2D eigenvalue weighted by atomic mass is 32.1. The van der Waals surface area contributed by atoms with Gasteiger partial charge in [-0.3, -0.25) is 4.79 Å². The van der Waals surface area contributed by atoms with Gasteiger partial charge in [-0.25, -0.2) is 9.97 Å². The van der Waals surface area contributed by atoms with E-state index in [0.29, 0.717) is 12.3 Å². The molecule has 0 spiro atoms. The molecule has 2 fully saturated rings. The van der Waals surface area contributed by atoms with Crippen LogP contribution in [0.25, 0.3) is 21.6 Å². The Morgan fingerprint density at radius 2 is 1.83 bits per heavy atom. The summed E-state index contributed by atoms with van der Waals surface area (Å²) in [6.07, 6.45) is 7.65. The zero-order chi connectivity index (χ0) is 20.3. The van der Waals surface area contributed by atoms with E-state index < -0.39 is 0 Å². The van der Waals surface area contributed by atoms with E-state index >= 15 is 0 Å². The van der Waals surface area contributed by atoms with Crippen LogP contribution in [-0.2, 0) is 4.79 Å². The van der Waals surface area contributed by atoms with Crippen molar-refractivity contribution in [2.75, 3.05) is 18.0 Å². The largest absolute Gasteiger partial charge is 0.356 e. The lowest BCUT2D eigenvalue weighted by atomic mass is 10.0. The molecular formula is C24H28N4OS. The number of nitrogens with one attached hydrogen (secondary N) is 1. The van der Waals surface area contributed by atoms with Crippen LogP contribution in [0, 0.1) is 5.92 Å². The molecule has 1 aliphatic carbocycles. The summed E-state index contributed by atoms with van der Waals surface area (Å²) >= 11 is 1.67. The predicted molar refractivity (Wildman–Crippen MR) is 123 cm³/mol. The number of anilines is 1. The highest BCUT2D eigenvalue weighted by Crippen LogP contribution is 2.31. The standard InChI is InChI=1S/C24H28N4OS/c29-22(16-17-6-1-2-7-17)25-18-11-13-28(14-12-18)24-19-8-3-4-9-20(19)26-23(27-24)21-10-5-15-30-21/h3-5,8-10,15,17-18H,1-2,6-7,11-14,16H2,(H,25,29).